The van der Waals surface area contributed by atoms with Crippen LogP contribution < -0.4 is 0 Å². The molecule has 0 unspecified atom stereocenters. The molecule has 0 saturated heterocycles. The fourth-order valence-corrected chi connectivity index (χ4v) is 0.707. The summed E-state index contributed by atoms with van der Waals surface area (Å²) < 4.78 is 4.73. The summed E-state index contributed by atoms with van der Waals surface area (Å²) in [6.45, 7) is 3.75. The first-order valence-electron chi connectivity index (χ1n) is 3.60. The zero-order valence-electron chi connectivity index (χ0n) is 6.70. The lowest BCUT2D eigenvalue weighted by Crippen LogP contribution is -2.10. The van der Waals surface area contributed by atoms with Crippen molar-refractivity contribution in [1.29, 1.82) is 0 Å². The Kier molecular flexibility index (Phi) is 2.41. The topological polar surface area (TPSA) is 43.1 Å². The molecule has 11 heavy (non-hydrogen) atoms. The van der Waals surface area contributed by atoms with Crippen LogP contribution in [-0.2, 0) is 11.2 Å². The number of carbonyl (C=O) groups is 1. The number of hydrogen-bond donors (Lipinski definition) is 0. The van der Waals surface area contributed by atoms with Gasteiger partial charge < -0.3 is 4.42 Å². The third-order valence-corrected chi connectivity index (χ3v) is 1.48. The van der Waals surface area contributed by atoms with Crippen LogP contribution in [0.15, 0.2) is 17.1 Å². The number of oxazole rings is 1. The van der Waals surface area contributed by atoms with Gasteiger partial charge in [0.15, 0.2) is 6.39 Å². The third-order valence-electron chi connectivity index (χ3n) is 1.48. The zero-order valence-corrected chi connectivity index (χ0v) is 6.70. The van der Waals surface area contributed by atoms with Crippen molar-refractivity contribution in [3.63, 3.8) is 0 Å². The van der Waals surface area contributed by atoms with E-state index in [1.165, 1.54) is 12.7 Å². The quantitative estimate of drug-likeness (QED) is 0.660. The largest absolute Gasteiger partial charge is 0.451 e. The van der Waals surface area contributed by atoms with Crippen molar-refractivity contribution >= 4 is 5.78 Å². The Labute approximate surface area is 65.4 Å². The van der Waals surface area contributed by atoms with Gasteiger partial charge in [-0.05, 0) is 0 Å². The van der Waals surface area contributed by atoms with Crippen LogP contribution in [0.1, 0.15) is 19.5 Å². The SMILES string of the molecule is CC(C)C(=O)Cc1cocn1. The molecule has 0 aliphatic carbocycles. The minimum absolute atomic E-state index is 0.0756. The van der Waals surface area contributed by atoms with Gasteiger partial charge in [-0.25, -0.2) is 4.98 Å². The summed E-state index contributed by atoms with van der Waals surface area (Å²) in [6, 6.07) is 0. The molecule has 3 nitrogen and oxygen atoms in total. The maximum atomic E-state index is 11.1. The summed E-state index contributed by atoms with van der Waals surface area (Å²) in [7, 11) is 0. The van der Waals surface area contributed by atoms with E-state index in [-0.39, 0.29) is 11.7 Å². The molecule has 0 aliphatic rings. The lowest BCUT2D eigenvalue weighted by Gasteiger charge is -1.99. The number of nitrogens with zero attached hydrogens (tertiary/aromatic N) is 1. The van der Waals surface area contributed by atoms with Crippen LogP contribution in [0.25, 0.3) is 0 Å². The second-order valence-electron chi connectivity index (χ2n) is 2.78. The molecule has 1 rings (SSSR count). The van der Waals surface area contributed by atoms with E-state index < -0.39 is 0 Å². The van der Waals surface area contributed by atoms with Crippen LogP contribution in [0, 0.1) is 5.92 Å². The van der Waals surface area contributed by atoms with Gasteiger partial charge in [-0.2, -0.15) is 0 Å². The Hall–Kier alpha value is -1.12. The minimum Gasteiger partial charge on any atom is -0.451 e. The van der Waals surface area contributed by atoms with Gasteiger partial charge >= 0.3 is 0 Å². The Morgan fingerprint density at radius 2 is 2.45 bits per heavy atom. The number of hydrogen-bond acceptors (Lipinski definition) is 3. The van der Waals surface area contributed by atoms with E-state index in [2.05, 4.69) is 4.98 Å². The van der Waals surface area contributed by atoms with Crippen molar-refractivity contribution < 1.29 is 9.21 Å². The molecule has 0 fully saturated rings. The van der Waals surface area contributed by atoms with Crippen molar-refractivity contribution in [1.82, 2.24) is 4.98 Å². The molecule has 60 valence electrons. The first kappa shape index (κ1) is 7.98. The Balaban J connectivity index is 2.50. The number of carbonyl (C=O) groups excluding carboxylic acids is 1. The van der Waals surface area contributed by atoms with Crippen molar-refractivity contribution in [2.45, 2.75) is 20.3 Å². The summed E-state index contributed by atoms with van der Waals surface area (Å²) in [5.41, 5.74) is 0.712. The summed E-state index contributed by atoms with van der Waals surface area (Å²) in [4.78, 5) is 15.0. The summed E-state index contributed by atoms with van der Waals surface area (Å²) >= 11 is 0. The molecular weight excluding hydrogens is 142 g/mol. The maximum absolute atomic E-state index is 11.1. The summed E-state index contributed by atoms with van der Waals surface area (Å²) in [5, 5.41) is 0. The highest BCUT2D eigenvalue weighted by Gasteiger charge is 2.09. The minimum atomic E-state index is 0.0756. The third kappa shape index (κ3) is 2.18. The maximum Gasteiger partial charge on any atom is 0.180 e. The fourth-order valence-electron chi connectivity index (χ4n) is 0.707. The summed E-state index contributed by atoms with van der Waals surface area (Å²) in [6.07, 6.45) is 3.22. The van der Waals surface area contributed by atoms with Crippen LogP contribution in [0.3, 0.4) is 0 Å². The van der Waals surface area contributed by atoms with Crippen molar-refractivity contribution in [3.05, 3.63) is 18.4 Å². The van der Waals surface area contributed by atoms with Gasteiger partial charge in [-0.1, -0.05) is 13.8 Å². The predicted octanol–water partition coefficient (Wildman–Crippen LogP) is 1.44. The van der Waals surface area contributed by atoms with Crippen LogP contribution >= 0.6 is 0 Å². The van der Waals surface area contributed by atoms with E-state index in [0.717, 1.165) is 0 Å². The van der Waals surface area contributed by atoms with Crippen LogP contribution in [0.2, 0.25) is 0 Å². The highest BCUT2D eigenvalue weighted by Crippen LogP contribution is 2.02. The van der Waals surface area contributed by atoms with Gasteiger partial charge in [0, 0.05) is 5.92 Å². The van der Waals surface area contributed by atoms with Crippen molar-refractivity contribution in [3.8, 4) is 0 Å². The van der Waals surface area contributed by atoms with Gasteiger partial charge in [0.1, 0.15) is 12.0 Å². The molecule has 0 spiro atoms. The Morgan fingerprint density at radius 3 is 2.91 bits per heavy atom. The number of rotatable bonds is 3. The first-order valence-corrected chi connectivity index (χ1v) is 3.60. The smallest absolute Gasteiger partial charge is 0.180 e. The average Bonchev–Trinajstić information content (AvgIpc) is 2.39. The molecule has 0 N–H and O–H groups in total. The van der Waals surface area contributed by atoms with E-state index >= 15 is 0 Å². The Bertz CT molecular complexity index is 226. The van der Waals surface area contributed by atoms with Crippen molar-refractivity contribution in [2.24, 2.45) is 5.92 Å². The van der Waals surface area contributed by atoms with Gasteiger partial charge in [0.25, 0.3) is 0 Å². The molecule has 0 radical (unpaired) electrons. The van der Waals surface area contributed by atoms with Gasteiger partial charge in [-0.3, -0.25) is 4.79 Å². The van der Waals surface area contributed by atoms with Crippen LogP contribution in [0.4, 0.5) is 0 Å². The molecule has 0 amide bonds. The van der Waals surface area contributed by atoms with E-state index in [4.69, 9.17) is 4.42 Å². The molecule has 0 bridgehead atoms. The molecular formula is C8H11NO2. The molecule has 3 heteroatoms. The van der Waals surface area contributed by atoms with E-state index in [9.17, 15) is 4.79 Å². The molecule has 0 aromatic carbocycles. The van der Waals surface area contributed by atoms with Gasteiger partial charge in [0.2, 0.25) is 0 Å². The van der Waals surface area contributed by atoms with Crippen LogP contribution in [0.5, 0.6) is 0 Å². The molecule has 0 aliphatic heterocycles. The standard InChI is InChI=1S/C8H11NO2/c1-6(2)8(10)3-7-4-11-5-9-7/h4-6H,3H2,1-2H3. The zero-order chi connectivity index (χ0) is 8.27. The fraction of sp³-hybridized carbons (Fsp3) is 0.500. The molecule has 0 saturated carbocycles. The van der Waals surface area contributed by atoms with Crippen molar-refractivity contribution in [2.75, 3.05) is 0 Å². The predicted molar refractivity (Wildman–Crippen MR) is 40.1 cm³/mol. The lowest BCUT2D eigenvalue weighted by molar-refractivity contribution is -0.121. The molecule has 0 atom stereocenters. The van der Waals surface area contributed by atoms with Gasteiger partial charge in [0.05, 0.1) is 12.1 Å². The lowest BCUT2D eigenvalue weighted by atomic mass is 10.1. The number of Topliss-reactive ketones (excluding diaryl/α,β-unsaturated/α-hetero) is 1. The van der Waals surface area contributed by atoms with E-state index in [1.807, 2.05) is 13.8 Å². The van der Waals surface area contributed by atoms with E-state index in [1.54, 1.807) is 0 Å². The van der Waals surface area contributed by atoms with E-state index in [0.29, 0.717) is 12.1 Å². The molecule has 1 heterocycles. The Morgan fingerprint density at radius 1 is 1.73 bits per heavy atom. The highest BCUT2D eigenvalue weighted by atomic mass is 16.3. The van der Waals surface area contributed by atoms with Crippen LogP contribution in [-0.4, -0.2) is 10.8 Å². The second kappa shape index (κ2) is 3.32. The molecule has 1 aromatic heterocycles. The normalized spacial score (nSPS) is 10.5. The highest BCUT2D eigenvalue weighted by molar-refractivity contribution is 5.82. The second-order valence-corrected chi connectivity index (χ2v) is 2.78. The van der Waals surface area contributed by atoms with Gasteiger partial charge in [-0.15, -0.1) is 0 Å². The number of ketones is 1. The monoisotopic (exact) mass is 153 g/mol. The first-order chi connectivity index (χ1) is 5.20. The molecule has 1 aromatic rings. The number of aromatic nitrogens is 1. The average molecular weight is 153 g/mol. The summed E-state index contributed by atoms with van der Waals surface area (Å²) in [5.74, 6) is 0.269.